The highest BCUT2D eigenvalue weighted by Crippen LogP contribution is 2.22. The van der Waals surface area contributed by atoms with E-state index >= 15 is 0 Å². The minimum absolute atomic E-state index is 0.0380. The molecular formula is C16H19N3O2. The molecular weight excluding hydrogens is 266 g/mol. The lowest BCUT2D eigenvalue weighted by Gasteiger charge is -2.20. The SMILES string of the molecule is COc1ccc(CN(C)c2ccccc2)cc1C(N)=NO. The Labute approximate surface area is 124 Å². The number of oxime groups is 1. The first-order chi connectivity index (χ1) is 10.2. The summed E-state index contributed by atoms with van der Waals surface area (Å²) in [5.74, 6) is 0.618. The summed E-state index contributed by atoms with van der Waals surface area (Å²) in [6.07, 6.45) is 0. The van der Waals surface area contributed by atoms with Gasteiger partial charge in [-0.3, -0.25) is 0 Å². The van der Waals surface area contributed by atoms with Gasteiger partial charge in [0, 0.05) is 19.3 Å². The zero-order chi connectivity index (χ0) is 15.2. The fourth-order valence-electron chi connectivity index (χ4n) is 2.16. The summed E-state index contributed by atoms with van der Waals surface area (Å²) in [6, 6.07) is 15.7. The van der Waals surface area contributed by atoms with Crippen molar-refractivity contribution in [3.8, 4) is 5.75 Å². The van der Waals surface area contributed by atoms with Crippen LogP contribution in [0.15, 0.2) is 53.7 Å². The van der Waals surface area contributed by atoms with Gasteiger partial charge >= 0.3 is 0 Å². The molecule has 110 valence electrons. The maximum atomic E-state index is 8.86. The predicted octanol–water partition coefficient (Wildman–Crippen LogP) is 2.43. The van der Waals surface area contributed by atoms with E-state index < -0.39 is 0 Å². The van der Waals surface area contributed by atoms with E-state index in [9.17, 15) is 0 Å². The Morgan fingerprint density at radius 2 is 1.95 bits per heavy atom. The summed E-state index contributed by atoms with van der Waals surface area (Å²) in [6.45, 7) is 0.708. The fourth-order valence-corrected chi connectivity index (χ4v) is 2.16. The highest BCUT2D eigenvalue weighted by Gasteiger charge is 2.10. The van der Waals surface area contributed by atoms with Crippen LogP contribution in [0.3, 0.4) is 0 Å². The molecule has 0 aliphatic heterocycles. The molecule has 0 bridgehead atoms. The molecule has 0 aliphatic carbocycles. The van der Waals surface area contributed by atoms with Gasteiger partial charge in [-0.2, -0.15) is 0 Å². The van der Waals surface area contributed by atoms with E-state index in [-0.39, 0.29) is 5.84 Å². The quantitative estimate of drug-likeness (QED) is 0.383. The number of nitrogens with zero attached hydrogens (tertiary/aromatic N) is 2. The number of rotatable bonds is 5. The number of hydrogen-bond donors (Lipinski definition) is 2. The molecule has 2 rings (SSSR count). The normalized spacial score (nSPS) is 11.2. The predicted molar refractivity (Wildman–Crippen MR) is 84.1 cm³/mol. The molecule has 0 aromatic heterocycles. The molecule has 0 radical (unpaired) electrons. The third-order valence-corrected chi connectivity index (χ3v) is 3.26. The molecule has 0 saturated heterocycles. The standard InChI is InChI=1S/C16H19N3O2/c1-19(13-6-4-3-5-7-13)11-12-8-9-15(21-2)14(10-12)16(17)18-20/h3-10,20H,11H2,1-2H3,(H2,17,18). The molecule has 2 aromatic rings. The highest BCUT2D eigenvalue weighted by atomic mass is 16.5. The number of anilines is 1. The molecule has 0 fully saturated rings. The average molecular weight is 285 g/mol. The van der Waals surface area contributed by atoms with E-state index in [2.05, 4.69) is 10.1 Å². The number of hydrogen-bond acceptors (Lipinski definition) is 4. The number of amidine groups is 1. The molecule has 0 atom stereocenters. The number of para-hydroxylation sites is 1. The van der Waals surface area contributed by atoms with Crippen molar-refractivity contribution in [1.82, 2.24) is 0 Å². The van der Waals surface area contributed by atoms with Crippen molar-refractivity contribution in [2.24, 2.45) is 10.9 Å². The zero-order valence-corrected chi connectivity index (χ0v) is 12.2. The van der Waals surface area contributed by atoms with Crippen LogP contribution in [0.4, 0.5) is 5.69 Å². The third kappa shape index (κ3) is 3.45. The van der Waals surface area contributed by atoms with Gasteiger partial charge in [0.05, 0.1) is 12.7 Å². The van der Waals surface area contributed by atoms with Crippen LogP contribution in [0.25, 0.3) is 0 Å². The fraction of sp³-hybridized carbons (Fsp3) is 0.188. The van der Waals surface area contributed by atoms with Gasteiger partial charge in [0.2, 0.25) is 0 Å². The second kappa shape index (κ2) is 6.65. The zero-order valence-electron chi connectivity index (χ0n) is 12.2. The van der Waals surface area contributed by atoms with Gasteiger partial charge in [0.1, 0.15) is 5.75 Å². The number of methoxy groups -OCH3 is 1. The van der Waals surface area contributed by atoms with Gasteiger partial charge < -0.3 is 20.6 Å². The van der Waals surface area contributed by atoms with E-state index in [1.807, 2.05) is 55.6 Å². The Morgan fingerprint density at radius 1 is 1.24 bits per heavy atom. The molecule has 3 N–H and O–H groups in total. The van der Waals surface area contributed by atoms with Crippen LogP contribution in [-0.4, -0.2) is 25.2 Å². The number of ether oxygens (including phenoxy) is 1. The van der Waals surface area contributed by atoms with Crippen molar-refractivity contribution in [2.45, 2.75) is 6.54 Å². The lowest BCUT2D eigenvalue weighted by Crippen LogP contribution is -2.18. The maximum absolute atomic E-state index is 8.86. The molecule has 0 heterocycles. The molecule has 0 saturated carbocycles. The van der Waals surface area contributed by atoms with Crippen molar-refractivity contribution >= 4 is 11.5 Å². The summed E-state index contributed by atoms with van der Waals surface area (Å²) in [4.78, 5) is 2.12. The molecule has 0 amide bonds. The van der Waals surface area contributed by atoms with E-state index in [0.29, 0.717) is 17.9 Å². The summed E-state index contributed by atoms with van der Waals surface area (Å²) in [7, 11) is 3.57. The summed E-state index contributed by atoms with van der Waals surface area (Å²) < 4.78 is 5.23. The van der Waals surface area contributed by atoms with Crippen molar-refractivity contribution < 1.29 is 9.94 Å². The van der Waals surface area contributed by atoms with Crippen LogP contribution in [0.5, 0.6) is 5.75 Å². The summed E-state index contributed by atoms with van der Waals surface area (Å²) in [5, 5.41) is 11.9. The number of nitrogens with two attached hydrogens (primary N) is 1. The van der Waals surface area contributed by atoms with Crippen molar-refractivity contribution in [1.29, 1.82) is 0 Å². The first-order valence-electron chi connectivity index (χ1n) is 6.56. The van der Waals surface area contributed by atoms with Gasteiger partial charge in [0.25, 0.3) is 0 Å². The first-order valence-corrected chi connectivity index (χ1v) is 6.56. The smallest absolute Gasteiger partial charge is 0.173 e. The average Bonchev–Trinajstić information content (AvgIpc) is 2.54. The minimum atomic E-state index is 0.0380. The van der Waals surface area contributed by atoms with Crippen molar-refractivity contribution in [3.63, 3.8) is 0 Å². The van der Waals surface area contributed by atoms with E-state index in [1.165, 1.54) is 0 Å². The molecule has 21 heavy (non-hydrogen) atoms. The first kappa shape index (κ1) is 14.7. The number of benzene rings is 2. The Hall–Kier alpha value is -2.69. The summed E-state index contributed by atoms with van der Waals surface area (Å²) in [5.41, 5.74) is 8.44. The second-order valence-electron chi connectivity index (χ2n) is 4.71. The molecule has 2 aromatic carbocycles. The molecule has 0 unspecified atom stereocenters. The van der Waals surface area contributed by atoms with Gasteiger partial charge in [-0.15, -0.1) is 0 Å². The molecule has 5 nitrogen and oxygen atoms in total. The molecule has 0 aliphatic rings. The van der Waals surface area contributed by atoms with E-state index in [1.54, 1.807) is 7.11 Å². The van der Waals surface area contributed by atoms with Gasteiger partial charge in [-0.25, -0.2) is 0 Å². The molecule has 5 heteroatoms. The largest absolute Gasteiger partial charge is 0.496 e. The Morgan fingerprint density at radius 3 is 2.57 bits per heavy atom. The van der Waals surface area contributed by atoms with Crippen LogP contribution in [0.1, 0.15) is 11.1 Å². The molecule has 0 spiro atoms. The Kier molecular flexibility index (Phi) is 4.66. The second-order valence-corrected chi connectivity index (χ2v) is 4.71. The van der Waals surface area contributed by atoms with Gasteiger partial charge in [-0.1, -0.05) is 29.4 Å². The third-order valence-electron chi connectivity index (χ3n) is 3.26. The minimum Gasteiger partial charge on any atom is -0.496 e. The van der Waals surface area contributed by atoms with Crippen LogP contribution < -0.4 is 15.4 Å². The van der Waals surface area contributed by atoms with Crippen LogP contribution in [-0.2, 0) is 6.54 Å². The topological polar surface area (TPSA) is 71.1 Å². The van der Waals surface area contributed by atoms with Crippen molar-refractivity contribution in [3.05, 3.63) is 59.7 Å². The summed E-state index contributed by atoms with van der Waals surface area (Å²) >= 11 is 0. The Balaban J connectivity index is 2.25. The monoisotopic (exact) mass is 285 g/mol. The van der Waals surface area contributed by atoms with Gasteiger partial charge in [-0.05, 0) is 29.8 Å². The highest BCUT2D eigenvalue weighted by molar-refractivity contribution is 5.99. The Bertz CT molecular complexity index is 627. The van der Waals surface area contributed by atoms with Crippen molar-refractivity contribution in [2.75, 3.05) is 19.1 Å². The van der Waals surface area contributed by atoms with E-state index in [0.717, 1.165) is 11.3 Å². The lowest BCUT2D eigenvalue weighted by atomic mass is 10.1. The lowest BCUT2D eigenvalue weighted by molar-refractivity contribution is 0.318. The van der Waals surface area contributed by atoms with E-state index in [4.69, 9.17) is 15.7 Å². The van der Waals surface area contributed by atoms with Crippen LogP contribution in [0.2, 0.25) is 0 Å². The maximum Gasteiger partial charge on any atom is 0.173 e. The van der Waals surface area contributed by atoms with Gasteiger partial charge in [0.15, 0.2) is 5.84 Å². The van der Waals surface area contributed by atoms with Crippen LogP contribution in [0, 0.1) is 0 Å². The van der Waals surface area contributed by atoms with Crippen LogP contribution >= 0.6 is 0 Å².